The molecule has 1 aliphatic carbocycles. The van der Waals surface area contributed by atoms with Crippen LogP contribution in [-0.2, 0) is 11.4 Å². The summed E-state index contributed by atoms with van der Waals surface area (Å²) in [6.07, 6.45) is 7.27. The second kappa shape index (κ2) is 17.5. The zero-order chi connectivity index (χ0) is 30.6. The molecule has 10 nitrogen and oxygen atoms in total. The van der Waals surface area contributed by atoms with E-state index in [1.54, 1.807) is 4.68 Å². The number of para-hydroxylation sites is 2. The van der Waals surface area contributed by atoms with E-state index in [1.165, 1.54) is 12.8 Å². The number of rotatable bonds is 18. The van der Waals surface area contributed by atoms with Crippen LogP contribution in [0.5, 0.6) is 11.5 Å². The number of amides is 1. The van der Waals surface area contributed by atoms with Crippen molar-refractivity contribution in [1.29, 1.82) is 0 Å². The molecule has 0 aliphatic heterocycles. The van der Waals surface area contributed by atoms with Crippen molar-refractivity contribution in [3.05, 3.63) is 60.4 Å². The van der Waals surface area contributed by atoms with Gasteiger partial charge in [-0.05, 0) is 62.5 Å². The van der Waals surface area contributed by atoms with Gasteiger partial charge in [-0.25, -0.2) is 4.68 Å². The number of carbonyl (C=O) groups excluding carboxylic acids is 1. The van der Waals surface area contributed by atoms with E-state index in [1.807, 2.05) is 59.6 Å². The minimum absolute atomic E-state index is 0. The lowest BCUT2D eigenvalue weighted by Crippen LogP contribution is -2.39. The maximum atomic E-state index is 13.8. The Morgan fingerprint density at radius 2 is 1.70 bits per heavy atom. The summed E-state index contributed by atoms with van der Waals surface area (Å²) in [6.45, 7) is 9.31. The van der Waals surface area contributed by atoms with Gasteiger partial charge in [-0.15, -0.1) is 17.5 Å². The summed E-state index contributed by atoms with van der Waals surface area (Å²) in [6, 6.07) is 15.5. The zero-order valence-electron chi connectivity index (χ0n) is 26.2. The van der Waals surface area contributed by atoms with Gasteiger partial charge in [0.1, 0.15) is 29.8 Å². The van der Waals surface area contributed by atoms with Crippen LogP contribution in [0, 0.1) is 11.8 Å². The molecule has 1 saturated carbocycles. The van der Waals surface area contributed by atoms with E-state index in [2.05, 4.69) is 36.1 Å². The Morgan fingerprint density at radius 3 is 2.32 bits per heavy atom. The number of nitrogens with two attached hydrogens (primary N) is 2. The molecule has 0 saturated heterocycles. The smallest absolute Gasteiger partial charge is 0.247 e. The molecule has 1 aliphatic rings. The molecule has 0 radical (unpaired) electrons. The van der Waals surface area contributed by atoms with Crippen molar-refractivity contribution in [3.8, 4) is 22.6 Å². The number of hydrogen-bond acceptors (Lipinski definition) is 6. The summed E-state index contributed by atoms with van der Waals surface area (Å²) < 4.78 is 14.1. The molecular weight excluding hydrogens is 578 g/mol. The second-order valence-electron chi connectivity index (χ2n) is 11.7. The van der Waals surface area contributed by atoms with E-state index in [-0.39, 0.29) is 30.9 Å². The highest BCUT2D eigenvalue weighted by molar-refractivity contribution is 5.85. The second-order valence-corrected chi connectivity index (χ2v) is 11.7. The van der Waals surface area contributed by atoms with Crippen molar-refractivity contribution in [2.45, 2.75) is 71.9 Å². The van der Waals surface area contributed by atoms with Gasteiger partial charge in [0.25, 0.3) is 0 Å². The fourth-order valence-electron chi connectivity index (χ4n) is 4.96. The predicted octanol–water partition coefficient (Wildman–Crippen LogP) is 5.61. The van der Waals surface area contributed by atoms with Crippen LogP contribution in [0.15, 0.2) is 59.7 Å². The van der Waals surface area contributed by atoms with Gasteiger partial charge in [-0.1, -0.05) is 62.4 Å². The Morgan fingerprint density at radius 1 is 1.05 bits per heavy atom. The molecule has 1 fully saturated rings. The molecule has 1 heterocycles. The van der Waals surface area contributed by atoms with Crippen LogP contribution < -0.4 is 20.9 Å². The minimum atomic E-state index is -0.483. The van der Waals surface area contributed by atoms with Crippen molar-refractivity contribution < 1.29 is 14.3 Å². The summed E-state index contributed by atoms with van der Waals surface area (Å²) in [5, 5.41) is 8.75. The monoisotopic (exact) mass is 625 g/mol. The number of benzene rings is 2. The molecule has 1 amide bonds. The lowest BCUT2D eigenvalue weighted by atomic mass is 10.0. The van der Waals surface area contributed by atoms with Gasteiger partial charge in [-0.3, -0.25) is 9.79 Å². The number of ether oxygens (including phenoxy) is 2. The third-order valence-electron chi connectivity index (χ3n) is 7.47. The molecule has 3 aromatic rings. The molecular formula is C33H48ClN7O3. The average Bonchev–Trinajstić information content (AvgIpc) is 3.69. The van der Waals surface area contributed by atoms with Gasteiger partial charge < -0.3 is 25.8 Å². The summed E-state index contributed by atoms with van der Waals surface area (Å²) in [7, 11) is 0. The lowest BCUT2D eigenvalue weighted by molar-refractivity contribution is -0.135. The fraction of sp³-hybridized carbons (Fsp3) is 0.515. The molecule has 0 spiro atoms. The zero-order valence-corrected chi connectivity index (χ0v) is 27.0. The van der Waals surface area contributed by atoms with E-state index < -0.39 is 6.04 Å². The maximum Gasteiger partial charge on any atom is 0.247 e. The standard InChI is InChI=1S/C33H47N7O3.ClH/c1-4-19-39(21-25-15-16-25)32(41)29(12-9-18-36-33(34)35)40-22-26(37-38-40)23-43-31-14-8-6-11-28(31)27-10-5-7-13-30(27)42-20-17-24(2)3;/h5-8,10-11,13-14,22,24-25,29H,4,9,12,15-21,23H2,1-3H3,(H4,34,35,36);1H/t29-;/m1./s1. The minimum Gasteiger partial charge on any atom is -0.493 e. The Balaban J connectivity index is 0.00000529. The molecule has 44 heavy (non-hydrogen) atoms. The van der Waals surface area contributed by atoms with Gasteiger partial charge in [0.15, 0.2) is 5.96 Å². The summed E-state index contributed by atoms with van der Waals surface area (Å²) in [5.74, 6) is 2.83. The molecule has 0 unspecified atom stereocenters. The largest absolute Gasteiger partial charge is 0.493 e. The van der Waals surface area contributed by atoms with Crippen LogP contribution in [0.3, 0.4) is 0 Å². The number of aromatic nitrogens is 3. The summed E-state index contributed by atoms with van der Waals surface area (Å²) in [4.78, 5) is 19.8. The highest BCUT2D eigenvalue weighted by atomic mass is 35.5. The molecule has 240 valence electrons. The molecule has 11 heteroatoms. The van der Waals surface area contributed by atoms with Gasteiger partial charge in [-0.2, -0.15) is 0 Å². The summed E-state index contributed by atoms with van der Waals surface area (Å²) in [5.41, 5.74) is 13.6. The molecule has 2 aromatic carbocycles. The van der Waals surface area contributed by atoms with Gasteiger partial charge >= 0.3 is 0 Å². The first-order valence-electron chi connectivity index (χ1n) is 15.5. The molecule has 4 rings (SSSR count). The Bertz CT molecular complexity index is 1340. The predicted molar refractivity (Wildman–Crippen MR) is 177 cm³/mol. The Labute approximate surface area is 267 Å². The topological polar surface area (TPSA) is 134 Å². The van der Waals surface area contributed by atoms with Crippen LogP contribution in [0.2, 0.25) is 0 Å². The maximum absolute atomic E-state index is 13.8. The number of carbonyl (C=O) groups is 1. The van der Waals surface area contributed by atoms with Crippen molar-refractivity contribution in [2.24, 2.45) is 28.3 Å². The van der Waals surface area contributed by atoms with Crippen LogP contribution in [0.1, 0.15) is 71.0 Å². The van der Waals surface area contributed by atoms with E-state index in [0.717, 1.165) is 48.6 Å². The SMILES string of the molecule is CCCN(CC1CC1)C(=O)[C@@H](CCCN=C(N)N)n1cc(COc2ccccc2-c2ccccc2OCCC(C)C)nn1.Cl. The fourth-order valence-corrected chi connectivity index (χ4v) is 4.96. The van der Waals surface area contributed by atoms with E-state index in [0.29, 0.717) is 43.5 Å². The van der Waals surface area contributed by atoms with Crippen molar-refractivity contribution in [1.82, 2.24) is 19.9 Å². The van der Waals surface area contributed by atoms with Crippen molar-refractivity contribution in [2.75, 3.05) is 26.2 Å². The Hall–Kier alpha value is -3.79. The average molecular weight is 626 g/mol. The normalized spacial score (nSPS) is 13.2. The molecule has 4 N–H and O–H groups in total. The van der Waals surface area contributed by atoms with Crippen LogP contribution in [0.25, 0.3) is 11.1 Å². The van der Waals surface area contributed by atoms with Gasteiger partial charge in [0.2, 0.25) is 5.91 Å². The van der Waals surface area contributed by atoms with E-state index in [4.69, 9.17) is 20.9 Å². The third-order valence-corrected chi connectivity index (χ3v) is 7.47. The van der Waals surface area contributed by atoms with Crippen molar-refractivity contribution >= 4 is 24.3 Å². The summed E-state index contributed by atoms with van der Waals surface area (Å²) >= 11 is 0. The molecule has 1 aromatic heterocycles. The highest BCUT2D eigenvalue weighted by Crippen LogP contribution is 2.37. The van der Waals surface area contributed by atoms with Crippen LogP contribution in [0.4, 0.5) is 0 Å². The Kier molecular flexibility index (Phi) is 13.8. The molecule has 1 atom stereocenters. The van der Waals surface area contributed by atoms with Crippen LogP contribution in [-0.4, -0.2) is 58.0 Å². The lowest BCUT2D eigenvalue weighted by Gasteiger charge is -2.27. The van der Waals surface area contributed by atoms with Crippen LogP contribution >= 0.6 is 12.4 Å². The van der Waals surface area contributed by atoms with E-state index in [9.17, 15) is 4.79 Å². The first-order valence-corrected chi connectivity index (χ1v) is 15.5. The first-order chi connectivity index (χ1) is 20.9. The molecule has 0 bridgehead atoms. The number of nitrogens with zero attached hydrogens (tertiary/aromatic N) is 5. The number of guanidine groups is 1. The van der Waals surface area contributed by atoms with Gasteiger partial charge in [0, 0.05) is 30.8 Å². The van der Waals surface area contributed by atoms with Gasteiger partial charge in [0.05, 0.1) is 12.8 Å². The number of halogens is 1. The van der Waals surface area contributed by atoms with E-state index >= 15 is 0 Å². The highest BCUT2D eigenvalue weighted by Gasteiger charge is 2.31. The third kappa shape index (κ3) is 10.4. The first kappa shape index (κ1) is 34.7. The number of aliphatic imine (C=N–C) groups is 1. The van der Waals surface area contributed by atoms with Crippen molar-refractivity contribution in [3.63, 3.8) is 0 Å². The quantitative estimate of drug-likeness (QED) is 0.107. The number of hydrogen-bond donors (Lipinski definition) is 2.